The number of aliphatic imine (C=N–C) groups is 1. The van der Waals surface area contributed by atoms with Crippen LogP contribution in [0.2, 0.25) is 0 Å². The Morgan fingerprint density at radius 3 is 2.79 bits per heavy atom. The van der Waals surface area contributed by atoms with Crippen molar-refractivity contribution < 1.29 is 14.3 Å². The molecule has 1 fully saturated rings. The first-order valence-electron chi connectivity index (χ1n) is 11.2. The molecule has 1 heterocycles. The molecule has 0 bridgehead atoms. The summed E-state index contributed by atoms with van der Waals surface area (Å²) in [4.78, 5) is 18.9. The maximum Gasteiger partial charge on any atom is 0.251 e. The van der Waals surface area contributed by atoms with Gasteiger partial charge in [0.25, 0.3) is 5.91 Å². The van der Waals surface area contributed by atoms with Crippen molar-refractivity contribution in [1.29, 1.82) is 0 Å². The lowest BCUT2D eigenvalue weighted by Crippen LogP contribution is -2.51. The number of carbonyl (C=O) groups is 1. The van der Waals surface area contributed by atoms with Gasteiger partial charge in [0, 0.05) is 50.0 Å². The summed E-state index contributed by atoms with van der Waals surface area (Å²) in [5.74, 6) is 0.387. The third-order valence-corrected chi connectivity index (χ3v) is 5.28. The topological polar surface area (TPSA) is 89.0 Å². The zero-order valence-corrected chi connectivity index (χ0v) is 21.2. The van der Waals surface area contributed by atoms with Gasteiger partial charge in [-0.1, -0.05) is 12.1 Å². The average molecular weight is 569 g/mol. The minimum absolute atomic E-state index is 0. The molecular weight excluding hydrogens is 536 g/mol. The predicted molar refractivity (Wildman–Crippen MR) is 141 cm³/mol. The fourth-order valence-corrected chi connectivity index (χ4v) is 3.74. The van der Waals surface area contributed by atoms with Crippen molar-refractivity contribution in [1.82, 2.24) is 16.0 Å². The van der Waals surface area contributed by atoms with Gasteiger partial charge in [0.2, 0.25) is 0 Å². The van der Waals surface area contributed by atoms with Crippen LogP contribution in [0.3, 0.4) is 0 Å². The standard InChI is InChI=1S/C24H32FN5O2.HI/c1-2-26-24(28-13-6-12-27-23(32)18-7-3-11-22(31)15-18)29-20-9-5-14-30(17-20)21-10-4-8-19(25)16-21;/h3-4,7-8,10-11,15-16,20,31H,2,5-6,9,12-14,17H2,1H3,(H,27,32)(H2,26,28,29);1H. The second kappa shape index (κ2) is 13.9. The van der Waals surface area contributed by atoms with Crippen LogP contribution in [0.1, 0.15) is 36.5 Å². The predicted octanol–water partition coefficient (Wildman–Crippen LogP) is 3.49. The first kappa shape index (κ1) is 26.7. The van der Waals surface area contributed by atoms with Crippen molar-refractivity contribution in [2.24, 2.45) is 4.99 Å². The smallest absolute Gasteiger partial charge is 0.251 e. The number of carbonyl (C=O) groups excluding carboxylic acids is 1. The zero-order chi connectivity index (χ0) is 22.8. The summed E-state index contributed by atoms with van der Waals surface area (Å²) in [6.07, 6.45) is 2.74. The lowest BCUT2D eigenvalue weighted by Gasteiger charge is -2.35. The summed E-state index contributed by atoms with van der Waals surface area (Å²) in [6, 6.07) is 13.2. The summed E-state index contributed by atoms with van der Waals surface area (Å²) in [6.45, 7) is 5.53. The summed E-state index contributed by atoms with van der Waals surface area (Å²) < 4.78 is 13.6. The van der Waals surface area contributed by atoms with E-state index in [1.807, 2.05) is 13.0 Å². The highest BCUT2D eigenvalue weighted by Gasteiger charge is 2.21. The number of hydrogen-bond acceptors (Lipinski definition) is 4. The Hall–Kier alpha value is -2.56. The molecule has 1 unspecified atom stereocenters. The third kappa shape index (κ3) is 8.71. The summed E-state index contributed by atoms with van der Waals surface area (Å²) in [5.41, 5.74) is 1.34. The van der Waals surface area contributed by atoms with Gasteiger partial charge >= 0.3 is 0 Å². The molecule has 3 rings (SSSR count). The lowest BCUT2D eigenvalue weighted by molar-refractivity contribution is 0.0953. The Morgan fingerprint density at radius 2 is 2.03 bits per heavy atom. The monoisotopic (exact) mass is 569 g/mol. The van der Waals surface area contributed by atoms with Gasteiger partial charge < -0.3 is 26.0 Å². The van der Waals surface area contributed by atoms with E-state index in [0.717, 1.165) is 44.1 Å². The molecule has 1 amide bonds. The number of aromatic hydroxyl groups is 1. The van der Waals surface area contributed by atoms with Crippen LogP contribution in [-0.4, -0.2) is 55.7 Å². The number of phenols is 1. The van der Waals surface area contributed by atoms with E-state index in [-0.39, 0.29) is 47.5 Å². The number of rotatable bonds is 8. The number of phenolic OH excluding ortho intramolecular Hbond substituents is 1. The largest absolute Gasteiger partial charge is 0.508 e. The number of anilines is 1. The number of halogens is 2. The number of amides is 1. The van der Waals surface area contributed by atoms with E-state index < -0.39 is 0 Å². The van der Waals surface area contributed by atoms with Crippen LogP contribution >= 0.6 is 24.0 Å². The molecule has 2 aromatic carbocycles. The van der Waals surface area contributed by atoms with Gasteiger partial charge in [0.15, 0.2) is 5.96 Å². The first-order chi connectivity index (χ1) is 15.5. The molecule has 0 saturated carbocycles. The summed E-state index contributed by atoms with van der Waals surface area (Å²) >= 11 is 0. The number of benzene rings is 2. The molecule has 0 radical (unpaired) electrons. The molecule has 0 aliphatic carbocycles. The molecule has 2 aromatic rings. The van der Waals surface area contributed by atoms with Gasteiger partial charge in [-0.2, -0.15) is 0 Å². The minimum atomic E-state index is -0.219. The van der Waals surface area contributed by atoms with Crippen LogP contribution < -0.4 is 20.9 Å². The van der Waals surface area contributed by atoms with Crippen LogP contribution in [0.25, 0.3) is 0 Å². The maximum absolute atomic E-state index is 13.6. The van der Waals surface area contributed by atoms with Gasteiger partial charge in [-0.25, -0.2) is 4.39 Å². The highest BCUT2D eigenvalue weighted by molar-refractivity contribution is 14.0. The molecule has 9 heteroatoms. The SMILES string of the molecule is CCNC(=NCCCNC(=O)c1cccc(O)c1)NC1CCCN(c2cccc(F)c2)C1.I. The number of nitrogens with zero attached hydrogens (tertiary/aromatic N) is 2. The van der Waals surface area contributed by atoms with E-state index in [1.54, 1.807) is 24.3 Å². The second-order valence-corrected chi connectivity index (χ2v) is 7.83. The molecule has 180 valence electrons. The Labute approximate surface area is 211 Å². The summed E-state index contributed by atoms with van der Waals surface area (Å²) in [7, 11) is 0. The molecule has 33 heavy (non-hydrogen) atoms. The van der Waals surface area contributed by atoms with E-state index in [9.17, 15) is 14.3 Å². The van der Waals surface area contributed by atoms with Gasteiger partial charge in [-0.15, -0.1) is 24.0 Å². The molecular formula is C24H33FIN5O2. The van der Waals surface area contributed by atoms with Crippen molar-refractivity contribution in [3.8, 4) is 5.75 Å². The second-order valence-electron chi connectivity index (χ2n) is 7.83. The normalized spacial score (nSPS) is 16.0. The van der Waals surface area contributed by atoms with Gasteiger partial charge in [0.1, 0.15) is 11.6 Å². The third-order valence-electron chi connectivity index (χ3n) is 5.28. The molecule has 1 saturated heterocycles. The molecule has 1 aliphatic heterocycles. The zero-order valence-electron chi connectivity index (χ0n) is 18.9. The minimum Gasteiger partial charge on any atom is -0.508 e. The van der Waals surface area contributed by atoms with E-state index in [2.05, 4.69) is 25.8 Å². The molecule has 7 nitrogen and oxygen atoms in total. The van der Waals surface area contributed by atoms with E-state index in [1.165, 1.54) is 18.2 Å². The van der Waals surface area contributed by atoms with Crippen molar-refractivity contribution >= 4 is 41.5 Å². The Kier molecular flexibility index (Phi) is 11.2. The Bertz CT molecular complexity index is 927. The first-order valence-corrected chi connectivity index (χ1v) is 11.2. The Balaban J connectivity index is 0.00000385. The number of guanidine groups is 1. The molecule has 0 spiro atoms. The van der Waals surface area contributed by atoms with Crippen LogP contribution in [0.15, 0.2) is 53.5 Å². The van der Waals surface area contributed by atoms with Crippen molar-refractivity contribution in [2.45, 2.75) is 32.2 Å². The van der Waals surface area contributed by atoms with Crippen molar-refractivity contribution in [2.75, 3.05) is 37.6 Å². The van der Waals surface area contributed by atoms with Gasteiger partial charge in [-0.3, -0.25) is 9.79 Å². The van der Waals surface area contributed by atoms with Crippen LogP contribution in [0.5, 0.6) is 5.75 Å². The molecule has 4 N–H and O–H groups in total. The fraction of sp³-hybridized carbons (Fsp3) is 0.417. The highest BCUT2D eigenvalue weighted by Crippen LogP contribution is 2.20. The fourth-order valence-electron chi connectivity index (χ4n) is 3.74. The number of hydrogen-bond donors (Lipinski definition) is 4. The van der Waals surface area contributed by atoms with E-state index in [4.69, 9.17) is 0 Å². The van der Waals surface area contributed by atoms with Crippen molar-refractivity contribution in [3.05, 3.63) is 59.9 Å². The molecule has 1 atom stereocenters. The van der Waals surface area contributed by atoms with E-state index >= 15 is 0 Å². The van der Waals surface area contributed by atoms with Crippen LogP contribution in [0, 0.1) is 5.82 Å². The van der Waals surface area contributed by atoms with Gasteiger partial charge in [0.05, 0.1) is 0 Å². The molecule has 0 aromatic heterocycles. The van der Waals surface area contributed by atoms with Crippen LogP contribution in [-0.2, 0) is 0 Å². The Morgan fingerprint density at radius 1 is 1.21 bits per heavy atom. The van der Waals surface area contributed by atoms with Gasteiger partial charge in [-0.05, 0) is 62.6 Å². The van der Waals surface area contributed by atoms with E-state index in [0.29, 0.717) is 25.1 Å². The lowest BCUT2D eigenvalue weighted by atomic mass is 10.0. The quantitative estimate of drug-likeness (QED) is 0.169. The number of piperidine rings is 1. The van der Waals surface area contributed by atoms with Crippen LogP contribution in [0.4, 0.5) is 10.1 Å². The number of nitrogens with one attached hydrogen (secondary N) is 3. The molecule has 1 aliphatic rings. The summed E-state index contributed by atoms with van der Waals surface area (Å²) in [5, 5.41) is 19.1. The van der Waals surface area contributed by atoms with Crippen molar-refractivity contribution in [3.63, 3.8) is 0 Å². The highest BCUT2D eigenvalue weighted by atomic mass is 127. The average Bonchev–Trinajstić information content (AvgIpc) is 2.79. The maximum atomic E-state index is 13.6.